The molecule has 0 saturated carbocycles. The summed E-state index contributed by atoms with van der Waals surface area (Å²) < 4.78 is 5.35. The van der Waals surface area contributed by atoms with Crippen LogP contribution in [0.1, 0.15) is 30.7 Å². The zero-order valence-electron chi connectivity index (χ0n) is 12.4. The lowest BCUT2D eigenvalue weighted by atomic mass is 10.0. The van der Waals surface area contributed by atoms with E-state index in [0.29, 0.717) is 0 Å². The molecule has 0 aromatic carbocycles. The van der Waals surface area contributed by atoms with E-state index in [4.69, 9.17) is 4.74 Å². The second kappa shape index (κ2) is 4.77. The first-order valence-electron chi connectivity index (χ1n) is 6.41. The molecule has 20 heavy (non-hydrogen) atoms. The molecule has 0 spiro atoms. The number of amides is 3. The summed E-state index contributed by atoms with van der Waals surface area (Å²) in [6, 6.07) is -0.388. The van der Waals surface area contributed by atoms with Gasteiger partial charge in [-0.15, -0.1) is 0 Å². The van der Waals surface area contributed by atoms with E-state index in [-0.39, 0.29) is 18.5 Å². The molecule has 6 heteroatoms. The maximum Gasteiger partial charge on any atom is 0.325 e. The molecule has 1 N–H and O–H groups in total. The standard InChI is InChI=1S/C14H19N3O3/c1-8-6-15-10(9(2)11(8)20-5)7-17-13(19)16-12(18)14(17,3)4/h6H,7H2,1-5H3,(H,16,18,19). The minimum absolute atomic E-state index is 0.271. The Kier molecular flexibility index (Phi) is 3.41. The third-order valence-electron chi connectivity index (χ3n) is 3.75. The second-order valence-corrected chi connectivity index (χ2v) is 5.45. The lowest BCUT2D eigenvalue weighted by Crippen LogP contribution is -2.43. The number of hydrogen-bond acceptors (Lipinski definition) is 4. The Balaban J connectivity index is 2.36. The van der Waals surface area contributed by atoms with Gasteiger partial charge in [0, 0.05) is 17.3 Å². The Bertz CT molecular complexity index is 581. The van der Waals surface area contributed by atoms with Gasteiger partial charge in [0.25, 0.3) is 5.91 Å². The number of rotatable bonds is 3. The SMILES string of the molecule is COc1c(C)cnc(CN2C(=O)NC(=O)C2(C)C)c1C. The number of ether oxygens (including phenoxy) is 1. The van der Waals surface area contributed by atoms with Gasteiger partial charge in [-0.05, 0) is 27.7 Å². The number of carbonyl (C=O) groups is 2. The third kappa shape index (κ3) is 2.11. The minimum atomic E-state index is -0.872. The van der Waals surface area contributed by atoms with Crippen molar-refractivity contribution in [1.29, 1.82) is 0 Å². The van der Waals surface area contributed by atoms with Crippen LogP contribution >= 0.6 is 0 Å². The van der Waals surface area contributed by atoms with E-state index in [2.05, 4.69) is 10.3 Å². The van der Waals surface area contributed by atoms with Crippen molar-refractivity contribution < 1.29 is 14.3 Å². The molecule has 3 amide bonds. The lowest BCUT2D eigenvalue weighted by Gasteiger charge is -2.28. The van der Waals surface area contributed by atoms with Crippen molar-refractivity contribution in [3.8, 4) is 5.75 Å². The maximum absolute atomic E-state index is 11.9. The molecule has 1 saturated heterocycles. The van der Waals surface area contributed by atoms with Gasteiger partial charge in [0.15, 0.2) is 0 Å². The molecule has 1 fully saturated rings. The Morgan fingerprint density at radius 1 is 1.35 bits per heavy atom. The molecule has 6 nitrogen and oxygen atoms in total. The third-order valence-corrected chi connectivity index (χ3v) is 3.75. The largest absolute Gasteiger partial charge is 0.496 e. The summed E-state index contributed by atoms with van der Waals surface area (Å²) in [5, 5.41) is 2.33. The van der Waals surface area contributed by atoms with Gasteiger partial charge in [0.05, 0.1) is 19.3 Å². The Labute approximate surface area is 118 Å². The van der Waals surface area contributed by atoms with Crippen molar-refractivity contribution in [3.63, 3.8) is 0 Å². The van der Waals surface area contributed by atoms with Gasteiger partial charge in [-0.25, -0.2) is 4.79 Å². The van der Waals surface area contributed by atoms with Gasteiger partial charge in [0.2, 0.25) is 0 Å². The first-order valence-corrected chi connectivity index (χ1v) is 6.41. The van der Waals surface area contributed by atoms with Crippen molar-refractivity contribution in [2.24, 2.45) is 0 Å². The van der Waals surface area contributed by atoms with E-state index < -0.39 is 5.54 Å². The van der Waals surface area contributed by atoms with Crippen LogP contribution in [0.4, 0.5) is 4.79 Å². The Hall–Kier alpha value is -2.11. The van der Waals surface area contributed by atoms with Crippen LogP contribution in [0, 0.1) is 13.8 Å². The lowest BCUT2D eigenvalue weighted by molar-refractivity contribution is -0.125. The Morgan fingerprint density at radius 3 is 2.50 bits per heavy atom. The molecular formula is C14H19N3O3. The normalized spacial score (nSPS) is 17.4. The Morgan fingerprint density at radius 2 is 2.00 bits per heavy atom. The van der Waals surface area contributed by atoms with Crippen molar-refractivity contribution in [2.45, 2.75) is 39.8 Å². The highest BCUT2D eigenvalue weighted by molar-refractivity contribution is 6.06. The van der Waals surface area contributed by atoms with E-state index >= 15 is 0 Å². The molecule has 0 atom stereocenters. The van der Waals surface area contributed by atoms with Crippen molar-refractivity contribution in [1.82, 2.24) is 15.2 Å². The molecular weight excluding hydrogens is 258 g/mol. The summed E-state index contributed by atoms with van der Waals surface area (Å²) in [5.74, 6) is 0.470. The number of urea groups is 1. The van der Waals surface area contributed by atoms with Gasteiger partial charge in [-0.3, -0.25) is 15.1 Å². The van der Waals surface area contributed by atoms with Crippen LogP contribution in [0.2, 0.25) is 0 Å². The predicted molar refractivity (Wildman–Crippen MR) is 73.4 cm³/mol. The van der Waals surface area contributed by atoms with Crippen LogP contribution < -0.4 is 10.1 Å². The van der Waals surface area contributed by atoms with Crippen LogP contribution in [-0.2, 0) is 11.3 Å². The van der Waals surface area contributed by atoms with Gasteiger partial charge in [-0.2, -0.15) is 0 Å². The molecule has 108 valence electrons. The van der Waals surface area contributed by atoms with Gasteiger partial charge < -0.3 is 9.64 Å². The summed E-state index contributed by atoms with van der Waals surface area (Å²) in [4.78, 5) is 29.5. The molecule has 2 heterocycles. The average Bonchev–Trinajstić information content (AvgIpc) is 2.55. The van der Waals surface area contributed by atoms with Gasteiger partial charge >= 0.3 is 6.03 Å². The molecule has 1 aromatic rings. The predicted octanol–water partition coefficient (Wildman–Crippen LogP) is 1.54. The molecule has 1 aromatic heterocycles. The minimum Gasteiger partial charge on any atom is -0.496 e. The van der Waals surface area contributed by atoms with Gasteiger partial charge in [-0.1, -0.05) is 0 Å². The van der Waals surface area contributed by atoms with E-state index in [1.54, 1.807) is 27.2 Å². The van der Waals surface area contributed by atoms with Crippen molar-refractivity contribution >= 4 is 11.9 Å². The molecule has 0 unspecified atom stereocenters. The molecule has 0 bridgehead atoms. The van der Waals surface area contributed by atoms with Crippen molar-refractivity contribution in [3.05, 3.63) is 23.0 Å². The fourth-order valence-corrected chi connectivity index (χ4v) is 2.34. The smallest absolute Gasteiger partial charge is 0.325 e. The molecule has 1 aliphatic rings. The highest BCUT2D eigenvalue weighted by Gasteiger charge is 2.45. The van der Waals surface area contributed by atoms with Crippen LogP contribution in [0.5, 0.6) is 5.75 Å². The number of aromatic nitrogens is 1. The van der Waals surface area contributed by atoms with Crippen LogP contribution in [0.25, 0.3) is 0 Å². The number of pyridine rings is 1. The quantitative estimate of drug-likeness (QED) is 0.851. The number of methoxy groups -OCH3 is 1. The molecule has 0 radical (unpaired) electrons. The van der Waals surface area contributed by atoms with Crippen LogP contribution in [-0.4, -0.2) is 34.5 Å². The first kappa shape index (κ1) is 14.3. The number of nitrogens with zero attached hydrogens (tertiary/aromatic N) is 2. The summed E-state index contributed by atoms with van der Waals surface area (Å²) in [5.41, 5.74) is 1.68. The van der Waals surface area contributed by atoms with Crippen LogP contribution in [0.3, 0.4) is 0 Å². The van der Waals surface area contributed by atoms with Gasteiger partial charge in [0.1, 0.15) is 11.3 Å². The summed E-state index contributed by atoms with van der Waals surface area (Å²) in [6.45, 7) is 7.52. The fourth-order valence-electron chi connectivity index (χ4n) is 2.34. The number of hydrogen-bond donors (Lipinski definition) is 1. The van der Waals surface area contributed by atoms with E-state index in [9.17, 15) is 9.59 Å². The summed E-state index contributed by atoms with van der Waals surface area (Å²) >= 11 is 0. The monoisotopic (exact) mass is 277 g/mol. The fraction of sp³-hybridized carbons (Fsp3) is 0.500. The second-order valence-electron chi connectivity index (χ2n) is 5.45. The number of nitrogens with one attached hydrogen (secondary N) is 1. The van der Waals surface area contributed by atoms with E-state index in [1.807, 2.05) is 13.8 Å². The maximum atomic E-state index is 11.9. The number of aryl methyl sites for hydroxylation is 1. The molecule has 2 rings (SSSR count). The number of imide groups is 1. The molecule has 0 aliphatic carbocycles. The summed E-state index contributed by atoms with van der Waals surface area (Å²) in [7, 11) is 1.61. The average molecular weight is 277 g/mol. The molecule has 1 aliphatic heterocycles. The zero-order valence-corrected chi connectivity index (χ0v) is 12.4. The van der Waals surface area contributed by atoms with E-state index in [1.165, 1.54) is 4.90 Å². The number of carbonyl (C=O) groups excluding carboxylic acids is 2. The van der Waals surface area contributed by atoms with Crippen molar-refractivity contribution in [2.75, 3.05) is 7.11 Å². The first-order chi connectivity index (χ1) is 9.28. The highest BCUT2D eigenvalue weighted by atomic mass is 16.5. The topological polar surface area (TPSA) is 71.5 Å². The highest BCUT2D eigenvalue weighted by Crippen LogP contribution is 2.28. The zero-order chi connectivity index (χ0) is 15.1. The van der Waals surface area contributed by atoms with E-state index in [0.717, 1.165) is 22.6 Å². The summed E-state index contributed by atoms with van der Waals surface area (Å²) in [6.07, 6.45) is 1.71. The van der Waals surface area contributed by atoms with Crippen LogP contribution in [0.15, 0.2) is 6.20 Å².